The summed E-state index contributed by atoms with van der Waals surface area (Å²) >= 11 is 3.46. The first-order chi connectivity index (χ1) is 16.4. The van der Waals surface area contributed by atoms with Crippen LogP contribution in [0.5, 0.6) is 5.75 Å². The Kier molecular flexibility index (Phi) is 5.83. The van der Waals surface area contributed by atoms with Gasteiger partial charge in [-0.05, 0) is 62.1 Å². The lowest BCUT2D eigenvalue weighted by Gasteiger charge is -2.20. The van der Waals surface area contributed by atoms with Crippen molar-refractivity contribution in [3.8, 4) is 11.6 Å². The molecule has 0 unspecified atom stereocenters. The van der Waals surface area contributed by atoms with Crippen LogP contribution in [0, 0.1) is 13.8 Å². The van der Waals surface area contributed by atoms with Crippen LogP contribution in [-0.4, -0.2) is 27.6 Å². The molecule has 0 spiro atoms. The van der Waals surface area contributed by atoms with Gasteiger partial charge in [-0.3, -0.25) is 4.79 Å². The molecule has 5 rings (SSSR count). The zero-order valence-electron chi connectivity index (χ0n) is 19.1. The van der Waals surface area contributed by atoms with Crippen LogP contribution in [-0.2, 0) is 12.8 Å². The molecule has 0 fully saturated rings. The van der Waals surface area contributed by atoms with E-state index < -0.39 is 0 Å². The van der Waals surface area contributed by atoms with E-state index in [1.165, 1.54) is 0 Å². The van der Waals surface area contributed by atoms with Gasteiger partial charge in [0.15, 0.2) is 0 Å². The Bertz CT molecular complexity index is 1390. The number of carbonyl (C=O) groups excluding carboxylic acids is 1. The molecule has 4 aromatic rings. The average molecular weight is 518 g/mol. The van der Waals surface area contributed by atoms with Crippen LogP contribution in [0.25, 0.3) is 5.82 Å². The van der Waals surface area contributed by atoms with E-state index in [2.05, 4.69) is 31.5 Å². The van der Waals surface area contributed by atoms with Crippen LogP contribution < -0.4 is 15.4 Å². The van der Waals surface area contributed by atoms with Gasteiger partial charge >= 0.3 is 0 Å². The lowest BCUT2D eigenvalue weighted by molar-refractivity contribution is 0.102. The summed E-state index contributed by atoms with van der Waals surface area (Å²) in [5, 5.41) is 6.35. The van der Waals surface area contributed by atoms with Crippen LogP contribution in [0.1, 0.15) is 32.7 Å². The van der Waals surface area contributed by atoms with E-state index in [1.54, 1.807) is 7.11 Å². The molecule has 1 aliphatic rings. The highest BCUT2D eigenvalue weighted by molar-refractivity contribution is 9.10. The predicted molar refractivity (Wildman–Crippen MR) is 137 cm³/mol. The molecule has 2 aromatic heterocycles. The molecular weight excluding hydrogens is 494 g/mol. The normalized spacial score (nSPS) is 12.0. The van der Waals surface area contributed by atoms with Gasteiger partial charge in [-0.2, -0.15) is 4.98 Å². The van der Waals surface area contributed by atoms with Crippen LogP contribution in [0.4, 0.5) is 17.3 Å². The first-order valence-electron chi connectivity index (χ1n) is 11.0. The molecule has 34 heavy (non-hydrogen) atoms. The standard InChI is InChI=1S/C26H24BrN5O2/c1-15-5-4-6-16(2)23(15)30-25(33)19-11-12-32-21(19)10-7-17-14-28-26(31-24(17)32)29-20-9-8-18(27)13-22(20)34-3/h4-6,8-9,11-14H,7,10H2,1-3H3,(H,30,33)(H,28,29,31). The molecular formula is C26H24BrN5O2. The van der Waals surface area contributed by atoms with Crippen molar-refractivity contribution in [2.24, 2.45) is 0 Å². The maximum Gasteiger partial charge on any atom is 0.257 e. The van der Waals surface area contributed by atoms with Gasteiger partial charge in [0.1, 0.15) is 11.6 Å². The summed E-state index contributed by atoms with van der Waals surface area (Å²) in [7, 11) is 1.62. The van der Waals surface area contributed by atoms with Crippen LogP contribution in [0.3, 0.4) is 0 Å². The maximum atomic E-state index is 13.2. The highest BCUT2D eigenvalue weighted by atomic mass is 79.9. The van der Waals surface area contributed by atoms with Crippen molar-refractivity contribution in [3.05, 3.63) is 87.3 Å². The minimum Gasteiger partial charge on any atom is -0.495 e. The molecule has 0 radical (unpaired) electrons. The number of nitrogens with one attached hydrogen (secondary N) is 2. The number of halogens is 1. The predicted octanol–water partition coefficient (Wildman–Crippen LogP) is 5.75. The molecule has 3 heterocycles. The second-order valence-electron chi connectivity index (χ2n) is 8.28. The molecule has 8 heteroatoms. The zero-order valence-corrected chi connectivity index (χ0v) is 20.7. The molecule has 1 aliphatic heterocycles. The van der Waals surface area contributed by atoms with E-state index >= 15 is 0 Å². The van der Waals surface area contributed by atoms with Gasteiger partial charge in [0.25, 0.3) is 5.91 Å². The Morgan fingerprint density at radius 2 is 1.91 bits per heavy atom. The quantitative estimate of drug-likeness (QED) is 0.352. The van der Waals surface area contributed by atoms with E-state index in [0.717, 1.165) is 56.9 Å². The number of hydrogen-bond donors (Lipinski definition) is 2. The number of anilines is 3. The second kappa shape index (κ2) is 8.95. The Morgan fingerprint density at radius 1 is 1.12 bits per heavy atom. The number of amides is 1. The van der Waals surface area contributed by atoms with Gasteiger partial charge < -0.3 is 19.9 Å². The minimum absolute atomic E-state index is 0.110. The summed E-state index contributed by atoms with van der Waals surface area (Å²) in [6.07, 6.45) is 5.26. The number of fused-ring (bicyclic) bond motifs is 3. The fourth-order valence-electron chi connectivity index (χ4n) is 4.30. The molecule has 0 aliphatic carbocycles. The molecule has 1 amide bonds. The third kappa shape index (κ3) is 4.05. The summed E-state index contributed by atoms with van der Waals surface area (Å²) in [5.41, 5.74) is 6.36. The van der Waals surface area contributed by atoms with Crippen LogP contribution >= 0.6 is 15.9 Å². The average Bonchev–Trinajstić information content (AvgIpc) is 3.27. The fourth-order valence-corrected chi connectivity index (χ4v) is 4.64. The maximum absolute atomic E-state index is 13.2. The van der Waals surface area contributed by atoms with Crippen molar-refractivity contribution in [2.75, 3.05) is 17.7 Å². The Hall–Kier alpha value is -3.65. The minimum atomic E-state index is -0.110. The van der Waals surface area contributed by atoms with Gasteiger partial charge in [-0.25, -0.2) is 4.98 Å². The Balaban J connectivity index is 1.45. The molecule has 0 saturated heterocycles. The highest BCUT2D eigenvalue weighted by Crippen LogP contribution is 2.32. The van der Waals surface area contributed by atoms with Crippen LogP contribution in [0.2, 0.25) is 0 Å². The lowest BCUT2D eigenvalue weighted by atomic mass is 10.0. The van der Waals surface area contributed by atoms with Gasteiger partial charge in [-0.15, -0.1) is 0 Å². The van der Waals surface area contributed by atoms with Crippen molar-refractivity contribution in [3.63, 3.8) is 0 Å². The monoisotopic (exact) mass is 517 g/mol. The SMILES string of the molecule is COc1cc(Br)ccc1Nc1ncc2c(n1)-n1ccc(C(=O)Nc3c(C)cccc3C)c1CC2. The number of benzene rings is 2. The third-order valence-corrected chi connectivity index (χ3v) is 6.56. The lowest BCUT2D eigenvalue weighted by Crippen LogP contribution is -2.20. The van der Waals surface area contributed by atoms with Crippen molar-refractivity contribution in [2.45, 2.75) is 26.7 Å². The molecule has 172 valence electrons. The van der Waals surface area contributed by atoms with Crippen molar-refractivity contribution in [1.82, 2.24) is 14.5 Å². The smallest absolute Gasteiger partial charge is 0.257 e. The number of carbonyl (C=O) groups is 1. The molecule has 0 bridgehead atoms. The van der Waals surface area contributed by atoms with Crippen LogP contribution in [0.15, 0.2) is 59.3 Å². The number of aryl methyl sites for hydroxylation is 3. The van der Waals surface area contributed by atoms with E-state index in [0.29, 0.717) is 17.3 Å². The van der Waals surface area contributed by atoms with Crippen molar-refractivity contribution < 1.29 is 9.53 Å². The molecule has 2 N–H and O–H groups in total. The molecule has 7 nitrogen and oxygen atoms in total. The van der Waals surface area contributed by atoms with Crippen molar-refractivity contribution >= 4 is 39.2 Å². The molecule has 2 aromatic carbocycles. The number of hydrogen-bond acceptors (Lipinski definition) is 5. The van der Waals surface area contributed by atoms with E-state index in [-0.39, 0.29) is 5.91 Å². The first kappa shape index (κ1) is 22.2. The largest absolute Gasteiger partial charge is 0.495 e. The third-order valence-electron chi connectivity index (χ3n) is 6.07. The summed E-state index contributed by atoms with van der Waals surface area (Å²) in [5.74, 6) is 1.81. The molecule has 0 saturated carbocycles. The van der Waals surface area contributed by atoms with Crippen molar-refractivity contribution in [1.29, 1.82) is 0 Å². The summed E-state index contributed by atoms with van der Waals surface area (Å²) in [6.45, 7) is 4.00. The topological polar surface area (TPSA) is 81.1 Å². The van der Waals surface area contributed by atoms with E-state index in [1.807, 2.05) is 73.3 Å². The van der Waals surface area contributed by atoms with Gasteiger partial charge in [0, 0.05) is 33.8 Å². The summed E-state index contributed by atoms with van der Waals surface area (Å²) < 4.78 is 8.38. The van der Waals surface area contributed by atoms with E-state index in [4.69, 9.17) is 9.72 Å². The fraction of sp³-hybridized carbons (Fsp3) is 0.192. The second-order valence-corrected chi connectivity index (χ2v) is 9.19. The number of para-hydroxylation sites is 1. The Labute approximate surface area is 206 Å². The number of rotatable bonds is 5. The number of ether oxygens (including phenoxy) is 1. The van der Waals surface area contributed by atoms with Gasteiger partial charge in [0.2, 0.25) is 5.95 Å². The Morgan fingerprint density at radius 3 is 2.68 bits per heavy atom. The summed E-state index contributed by atoms with van der Waals surface area (Å²) in [4.78, 5) is 22.4. The van der Waals surface area contributed by atoms with E-state index in [9.17, 15) is 4.79 Å². The van der Waals surface area contributed by atoms with Gasteiger partial charge in [-0.1, -0.05) is 34.1 Å². The molecule has 0 atom stereocenters. The first-order valence-corrected chi connectivity index (χ1v) is 11.8. The van der Waals surface area contributed by atoms with Gasteiger partial charge in [0.05, 0.1) is 18.4 Å². The summed E-state index contributed by atoms with van der Waals surface area (Å²) in [6, 6.07) is 13.6. The number of methoxy groups -OCH3 is 1. The zero-order chi connectivity index (χ0) is 23.8. The highest BCUT2D eigenvalue weighted by Gasteiger charge is 2.24. The number of nitrogens with zero attached hydrogens (tertiary/aromatic N) is 3. The number of aromatic nitrogens is 3.